The Kier molecular flexibility index (Phi) is 5.17. The van der Waals surface area contributed by atoms with Crippen molar-refractivity contribution in [1.82, 2.24) is 5.32 Å². The summed E-state index contributed by atoms with van der Waals surface area (Å²) < 4.78 is 0. The number of rotatable bonds is 5. The summed E-state index contributed by atoms with van der Waals surface area (Å²) in [5, 5.41) is 13.1. The fourth-order valence-electron chi connectivity index (χ4n) is 2.09. The van der Waals surface area contributed by atoms with Crippen LogP contribution in [0.25, 0.3) is 0 Å². The van der Waals surface area contributed by atoms with E-state index in [9.17, 15) is 0 Å². The minimum atomic E-state index is 0.363. The molecule has 0 saturated heterocycles. The molecule has 0 amide bonds. The van der Waals surface area contributed by atoms with E-state index in [-0.39, 0.29) is 0 Å². The van der Waals surface area contributed by atoms with Gasteiger partial charge in [0.1, 0.15) is 0 Å². The predicted octanol–water partition coefficient (Wildman–Crippen LogP) is 3.93. The summed E-state index contributed by atoms with van der Waals surface area (Å²) in [6, 6.07) is 18.1. The zero-order chi connectivity index (χ0) is 14.4. The van der Waals surface area contributed by atoms with Crippen molar-refractivity contribution in [2.75, 3.05) is 0 Å². The van der Waals surface area contributed by atoms with Gasteiger partial charge in [-0.1, -0.05) is 35.9 Å². The Bertz CT molecular complexity index is 599. The van der Waals surface area contributed by atoms with Gasteiger partial charge in [-0.15, -0.1) is 0 Å². The molecule has 0 spiro atoms. The SMILES string of the molecule is CC(Cc1ccc(Cl)cc1)NCc1cccc(C#N)c1. The molecule has 2 rings (SSSR count). The maximum absolute atomic E-state index is 8.88. The third kappa shape index (κ3) is 4.38. The van der Waals surface area contributed by atoms with Gasteiger partial charge in [-0.3, -0.25) is 0 Å². The first-order valence-corrected chi connectivity index (χ1v) is 7.02. The summed E-state index contributed by atoms with van der Waals surface area (Å²) in [7, 11) is 0. The predicted molar refractivity (Wildman–Crippen MR) is 82.6 cm³/mol. The van der Waals surface area contributed by atoms with Gasteiger partial charge in [0.2, 0.25) is 0 Å². The van der Waals surface area contributed by atoms with E-state index >= 15 is 0 Å². The normalized spacial score (nSPS) is 11.8. The monoisotopic (exact) mass is 284 g/mol. The molecule has 0 aliphatic carbocycles. The van der Waals surface area contributed by atoms with Gasteiger partial charge in [0.05, 0.1) is 11.6 Å². The van der Waals surface area contributed by atoms with Crippen LogP contribution in [0.2, 0.25) is 5.02 Å². The first-order chi connectivity index (χ1) is 9.67. The standard InChI is InChI=1S/C17H17ClN2/c1-13(9-14-5-7-17(18)8-6-14)20-12-16-4-2-3-15(10-16)11-19/h2-8,10,13,20H,9,12H2,1H3. The largest absolute Gasteiger partial charge is 0.310 e. The van der Waals surface area contributed by atoms with Gasteiger partial charge in [0.25, 0.3) is 0 Å². The molecule has 1 N–H and O–H groups in total. The first-order valence-electron chi connectivity index (χ1n) is 6.64. The van der Waals surface area contributed by atoms with Crippen LogP contribution in [0.1, 0.15) is 23.6 Å². The second-order valence-electron chi connectivity index (χ2n) is 4.92. The summed E-state index contributed by atoms with van der Waals surface area (Å²) in [5.74, 6) is 0. The summed E-state index contributed by atoms with van der Waals surface area (Å²) in [4.78, 5) is 0. The molecule has 20 heavy (non-hydrogen) atoms. The van der Waals surface area contributed by atoms with Crippen LogP contribution in [-0.4, -0.2) is 6.04 Å². The number of nitrogens with one attached hydrogen (secondary N) is 1. The summed E-state index contributed by atoms with van der Waals surface area (Å²) >= 11 is 5.88. The van der Waals surface area contributed by atoms with Gasteiger partial charge in [-0.05, 0) is 48.7 Å². The quantitative estimate of drug-likeness (QED) is 0.903. The highest BCUT2D eigenvalue weighted by Crippen LogP contribution is 2.11. The lowest BCUT2D eigenvalue weighted by molar-refractivity contribution is 0.545. The minimum absolute atomic E-state index is 0.363. The molecule has 0 aliphatic rings. The Labute approximate surface area is 125 Å². The Balaban J connectivity index is 1.87. The van der Waals surface area contributed by atoms with Crippen LogP contribution in [0.4, 0.5) is 0 Å². The topological polar surface area (TPSA) is 35.8 Å². The average molecular weight is 285 g/mol. The van der Waals surface area contributed by atoms with Crippen molar-refractivity contribution in [2.45, 2.75) is 25.9 Å². The number of nitriles is 1. The lowest BCUT2D eigenvalue weighted by Crippen LogP contribution is -2.27. The lowest BCUT2D eigenvalue weighted by atomic mass is 10.1. The van der Waals surface area contributed by atoms with E-state index < -0.39 is 0 Å². The first kappa shape index (κ1) is 14.6. The number of benzene rings is 2. The molecule has 0 bridgehead atoms. The fraction of sp³-hybridized carbons (Fsp3) is 0.235. The lowest BCUT2D eigenvalue weighted by Gasteiger charge is -2.14. The van der Waals surface area contributed by atoms with E-state index in [2.05, 4.69) is 30.4 Å². The molecule has 102 valence electrons. The van der Waals surface area contributed by atoms with Crippen molar-refractivity contribution < 1.29 is 0 Å². The van der Waals surface area contributed by atoms with Crippen molar-refractivity contribution in [1.29, 1.82) is 5.26 Å². The number of hydrogen-bond donors (Lipinski definition) is 1. The Morgan fingerprint density at radius 1 is 1.15 bits per heavy atom. The fourth-order valence-corrected chi connectivity index (χ4v) is 2.22. The molecule has 1 atom stereocenters. The molecular formula is C17H17ClN2. The molecule has 0 aliphatic heterocycles. The van der Waals surface area contributed by atoms with Crippen molar-refractivity contribution in [3.05, 3.63) is 70.2 Å². The van der Waals surface area contributed by atoms with Crippen LogP contribution < -0.4 is 5.32 Å². The van der Waals surface area contributed by atoms with Crippen LogP contribution in [0.3, 0.4) is 0 Å². The second kappa shape index (κ2) is 7.09. The summed E-state index contributed by atoms with van der Waals surface area (Å²) in [6.45, 7) is 2.92. The van der Waals surface area contributed by atoms with Crippen molar-refractivity contribution in [2.24, 2.45) is 0 Å². The molecule has 0 radical (unpaired) electrons. The van der Waals surface area contributed by atoms with Crippen molar-refractivity contribution in [3.8, 4) is 6.07 Å². The van der Waals surface area contributed by atoms with Crippen LogP contribution in [0, 0.1) is 11.3 Å². The molecule has 1 unspecified atom stereocenters. The van der Waals surface area contributed by atoms with E-state index in [4.69, 9.17) is 16.9 Å². The van der Waals surface area contributed by atoms with Gasteiger partial charge in [-0.25, -0.2) is 0 Å². The molecule has 0 fully saturated rings. The maximum Gasteiger partial charge on any atom is 0.0991 e. The van der Waals surface area contributed by atoms with Gasteiger partial charge < -0.3 is 5.32 Å². The highest BCUT2D eigenvalue weighted by molar-refractivity contribution is 6.30. The minimum Gasteiger partial charge on any atom is -0.310 e. The molecular weight excluding hydrogens is 268 g/mol. The maximum atomic E-state index is 8.88. The molecule has 2 aromatic rings. The number of hydrogen-bond acceptors (Lipinski definition) is 2. The average Bonchev–Trinajstić information content (AvgIpc) is 2.48. The third-order valence-electron chi connectivity index (χ3n) is 3.17. The highest BCUT2D eigenvalue weighted by atomic mass is 35.5. The van der Waals surface area contributed by atoms with Gasteiger partial charge in [0.15, 0.2) is 0 Å². The third-order valence-corrected chi connectivity index (χ3v) is 3.42. The van der Waals surface area contributed by atoms with Crippen LogP contribution in [0.15, 0.2) is 48.5 Å². The van der Waals surface area contributed by atoms with E-state index in [1.54, 1.807) is 0 Å². The smallest absolute Gasteiger partial charge is 0.0991 e. The molecule has 2 aromatic carbocycles. The van der Waals surface area contributed by atoms with E-state index in [1.807, 2.05) is 36.4 Å². The van der Waals surface area contributed by atoms with E-state index in [0.29, 0.717) is 11.6 Å². The number of nitrogens with zero attached hydrogens (tertiary/aromatic N) is 1. The molecule has 0 heterocycles. The van der Waals surface area contributed by atoms with Gasteiger partial charge in [0, 0.05) is 17.6 Å². The molecule has 3 heteroatoms. The zero-order valence-electron chi connectivity index (χ0n) is 11.4. The highest BCUT2D eigenvalue weighted by Gasteiger charge is 2.04. The van der Waals surface area contributed by atoms with E-state index in [1.165, 1.54) is 5.56 Å². The van der Waals surface area contributed by atoms with Crippen molar-refractivity contribution >= 4 is 11.6 Å². The van der Waals surface area contributed by atoms with Crippen molar-refractivity contribution in [3.63, 3.8) is 0 Å². The second-order valence-corrected chi connectivity index (χ2v) is 5.36. The van der Waals surface area contributed by atoms with Gasteiger partial charge >= 0.3 is 0 Å². The van der Waals surface area contributed by atoms with Crippen LogP contribution in [-0.2, 0) is 13.0 Å². The summed E-state index contributed by atoms with van der Waals surface area (Å²) in [5.41, 5.74) is 3.10. The van der Waals surface area contributed by atoms with Crippen LogP contribution in [0.5, 0.6) is 0 Å². The van der Waals surface area contributed by atoms with Crippen LogP contribution >= 0.6 is 11.6 Å². The summed E-state index contributed by atoms with van der Waals surface area (Å²) in [6.07, 6.45) is 0.953. The molecule has 0 aromatic heterocycles. The molecule has 2 nitrogen and oxygen atoms in total. The van der Waals surface area contributed by atoms with E-state index in [0.717, 1.165) is 23.6 Å². The Morgan fingerprint density at radius 2 is 1.90 bits per heavy atom. The zero-order valence-corrected chi connectivity index (χ0v) is 12.2. The Morgan fingerprint density at radius 3 is 2.60 bits per heavy atom. The number of halogens is 1. The molecule has 0 saturated carbocycles. The Hall–Kier alpha value is -1.82. The van der Waals surface area contributed by atoms with Gasteiger partial charge in [-0.2, -0.15) is 5.26 Å².